The van der Waals surface area contributed by atoms with E-state index in [0.717, 1.165) is 0 Å². The number of methoxy groups -OCH3 is 1. The Morgan fingerprint density at radius 1 is 1.40 bits per heavy atom. The molecule has 0 saturated carbocycles. The van der Waals surface area contributed by atoms with Gasteiger partial charge in [0.05, 0.1) is 19.3 Å². The van der Waals surface area contributed by atoms with Gasteiger partial charge in [-0.15, -0.1) is 0 Å². The molecular formula is C14H12FNO4. The fraction of sp³-hybridized carbons (Fsp3) is 0.286. The van der Waals surface area contributed by atoms with E-state index in [9.17, 15) is 14.0 Å². The zero-order valence-electron chi connectivity index (χ0n) is 10.7. The summed E-state index contributed by atoms with van der Waals surface area (Å²) < 4.78 is 23.8. The maximum atomic E-state index is 13.6. The molecule has 1 N–H and O–H groups in total. The Bertz CT molecular complexity index is 707. The lowest BCUT2D eigenvalue weighted by atomic mass is 9.90. The standard InChI is InChI=1S/C14H12FNO4/c1-19-12-4-8-9(6-20-11(8)5-10(12)15)7-2-3-13(17)16-14(7)18/h4-7H,2-3H2,1H3,(H,16,17,18). The lowest BCUT2D eigenvalue weighted by Crippen LogP contribution is -2.39. The number of imide groups is 1. The molecule has 20 heavy (non-hydrogen) atoms. The molecule has 104 valence electrons. The molecule has 5 nitrogen and oxygen atoms in total. The Morgan fingerprint density at radius 3 is 2.90 bits per heavy atom. The van der Waals surface area contributed by atoms with E-state index >= 15 is 0 Å². The highest BCUT2D eigenvalue weighted by Gasteiger charge is 2.30. The van der Waals surface area contributed by atoms with Crippen molar-refractivity contribution in [1.82, 2.24) is 5.32 Å². The molecule has 0 spiro atoms. The van der Waals surface area contributed by atoms with E-state index in [-0.39, 0.29) is 24.0 Å². The van der Waals surface area contributed by atoms with E-state index in [1.54, 1.807) is 0 Å². The van der Waals surface area contributed by atoms with Crippen molar-refractivity contribution in [1.29, 1.82) is 0 Å². The minimum absolute atomic E-state index is 0.0902. The average Bonchev–Trinajstić information content (AvgIpc) is 2.80. The number of nitrogens with one attached hydrogen (secondary N) is 1. The number of carbonyl (C=O) groups excluding carboxylic acids is 2. The predicted molar refractivity (Wildman–Crippen MR) is 67.8 cm³/mol. The molecule has 6 heteroatoms. The van der Waals surface area contributed by atoms with E-state index in [2.05, 4.69) is 5.32 Å². The number of amides is 2. The molecule has 1 saturated heterocycles. The molecule has 2 aromatic rings. The van der Waals surface area contributed by atoms with Crippen LogP contribution in [0.3, 0.4) is 0 Å². The molecule has 3 rings (SSSR count). The molecule has 0 bridgehead atoms. The summed E-state index contributed by atoms with van der Waals surface area (Å²) in [5, 5.41) is 2.92. The van der Waals surface area contributed by atoms with Gasteiger partial charge in [0, 0.05) is 23.4 Å². The highest BCUT2D eigenvalue weighted by molar-refractivity contribution is 6.02. The first-order chi connectivity index (χ1) is 9.60. The molecule has 1 unspecified atom stereocenters. The maximum absolute atomic E-state index is 13.6. The molecule has 0 radical (unpaired) electrons. The van der Waals surface area contributed by atoms with Crippen molar-refractivity contribution in [2.24, 2.45) is 0 Å². The van der Waals surface area contributed by atoms with Gasteiger partial charge in [0.15, 0.2) is 11.6 Å². The first kappa shape index (κ1) is 12.7. The van der Waals surface area contributed by atoms with Crippen LogP contribution in [-0.2, 0) is 9.59 Å². The van der Waals surface area contributed by atoms with Gasteiger partial charge in [-0.1, -0.05) is 0 Å². The van der Waals surface area contributed by atoms with Gasteiger partial charge in [-0.3, -0.25) is 14.9 Å². The number of hydrogen-bond acceptors (Lipinski definition) is 4. The number of ether oxygens (including phenoxy) is 1. The Hall–Kier alpha value is -2.37. The molecule has 1 aromatic heterocycles. The van der Waals surface area contributed by atoms with Crippen molar-refractivity contribution >= 4 is 22.8 Å². The average molecular weight is 277 g/mol. The van der Waals surface area contributed by atoms with Crippen LogP contribution in [0, 0.1) is 5.82 Å². The van der Waals surface area contributed by atoms with Crippen LogP contribution in [0.15, 0.2) is 22.8 Å². The number of piperidine rings is 1. The van der Waals surface area contributed by atoms with E-state index in [1.165, 1.54) is 25.5 Å². The number of furan rings is 1. The van der Waals surface area contributed by atoms with Gasteiger partial charge in [0.25, 0.3) is 0 Å². The minimum Gasteiger partial charge on any atom is -0.494 e. The van der Waals surface area contributed by atoms with Gasteiger partial charge < -0.3 is 9.15 Å². The van der Waals surface area contributed by atoms with Crippen LogP contribution in [0.2, 0.25) is 0 Å². The van der Waals surface area contributed by atoms with Crippen molar-refractivity contribution in [3.05, 3.63) is 29.8 Å². The van der Waals surface area contributed by atoms with Crippen LogP contribution in [0.25, 0.3) is 11.0 Å². The lowest BCUT2D eigenvalue weighted by molar-refractivity contribution is -0.134. The quantitative estimate of drug-likeness (QED) is 0.853. The van der Waals surface area contributed by atoms with Gasteiger partial charge in [-0.25, -0.2) is 4.39 Å². The van der Waals surface area contributed by atoms with Gasteiger partial charge in [0.1, 0.15) is 5.58 Å². The summed E-state index contributed by atoms with van der Waals surface area (Å²) in [6.45, 7) is 0. The summed E-state index contributed by atoms with van der Waals surface area (Å²) in [4.78, 5) is 23.1. The monoisotopic (exact) mass is 277 g/mol. The number of rotatable bonds is 2. The van der Waals surface area contributed by atoms with Crippen LogP contribution >= 0.6 is 0 Å². The Labute approximate surface area is 113 Å². The number of halogens is 1. The summed E-state index contributed by atoms with van der Waals surface area (Å²) in [6.07, 6.45) is 2.13. The minimum atomic E-state index is -0.524. The second kappa shape index (κ2) is 4.63. The van der Waals surface area contributed by atoms with Gasteiger partial charge in [-0.05, 0) is 12.5 Å². The second-order valence-corrected chi connectivity index (χ2v) is 4.68. The van der Waals surface area contributed by atoms with Crippen molar-refractivity contribution in [3.63, 3.8) is 0 Å². The summed E-state index contributed by atoms with van der Waals surface area (Å²) in [7, 11) is 1.37. The SMILES string of the molecule is COc1cc2c(C3CCC(=O)NC3=O)coc2cc1F. The summed E-state index contributed by atoms with van der Waals surface area (Å²) in [5.41, 5.74) is 0.992. The molecule has 1 fully saturated rings. The molecular weight excluding hydrogens is 265 g/mol. The van der Waals surface area contributed by atoms with Crippen LogP contribution < -0.4 is 10.1 Å². The van der Waals surface area contributed by atoms with Crippen LogP contribution in [0.4, 0.5) is 4.39 Å². The zero-order chi connectivity index (χ0) is 14.3. The molecule has 2 amide bonds. The topological polar surface area (TPSA) is 68.5 Å². The summed E-state index contributed by atoms with van der Waals surface area (Å²) >= 11 is 0. The van der Waals surface area contributed by atoms with Crippen LogP contribution in [0.1, 0.15) is 24.3 Å². The molecule has 0 aliphatic carbocycles. The van der Waals surface area contributed by atoms with E-state index in [4.69, 9.17) is 9.15 Å². The predicted octanol–water partition coefficient (Wildman–Crippen LogP) is 2.10. The third-order valence-electron chi connectivity index (χ3n) is 3.49. The molecule has 1 aromatic carbocycles. The van der Waals surface area contributed by atoms with Gasteiger partial charge >= 0.3 is 0 Å². The Morgan fingerprint density at radius 2 is 2.20 bits per heavy atom. The second-order valence-electron chi connectivity index (χ2n) is 4.68. The fourth-order valence-corrected chi connectivity index (χ4v) is 2.47. The lowest BCUT2D eigenvalue weighted by Gasteiger charge is -2.19. The fourth-order valence-electron chi connectivity index (χ4n) is 2.47. The number of hydrogen-bond donors (Lipinski definition) is 1. The van der Waals surface area contributed by atoms with Crippen LogP contribution in [-0.4, -0.2) is 18.9 Å². The van der Waals surface area contributed by atoms with Gasteiger partial charge in [0.2, 0.25) is 11.8 Å². The van der Waals surface area contributed by atoms with E-state index in [1.807, 2.05) is 0 Å². The van der Waals surface area contributed by atoms with E-state index in [0.29, 0.717) is 23.0 Å². The van der Waals surface area contributed by atoms with Crippen molar-refractivity contribution in [3.8, 4) is 5.75 Å². The zero-order valence-corrected chi connectivity index (χ0v) is 10.7. The highest BCUT2D eigenvalue weighted by atomic mass is 19.1. The third kappa shape index (κ3) is 1.93. The summed E-state index contributed by atoms with van der Waals surface area (Å²) in [5.74, 6) is -1.53. The van der Waals surface area contributed by atoms with Crippen molar-refractivity contribution in [2.75, 3.05) is 7.11 Å². The third-order valence-corrected chi connectivity index (χ3v) is 3.49. The molecule has 1 aliphatic rings. The Balaban J connectivity index is 2.08. The number of fused-ring (bicyclic) bond motifs is 1. The first-order valence-corrected chi connectivity index (χ1v) is 6.18. The maximum Gasteiger partial charge on any atom is 0.234 e. The van der Waals surface area contributed by atoms with Gasteiger partial charge in [-0.2, -0.15) is 0 Å². The largest absolute Gasteiger partial charge is 0.494 e. The Kier molecular flexibility index (Phi) is 2.93. The molecule has 1 atom stereocenters. The smallest absolute Gasteiger partial charge is 0.234 e. The number of benzene rings is 1. The van der Waals surface area contributed by atoms with Crippen LogP contribution in [0.5, 0.6) is 5.75 Å². The number of carbonyl (C=O) groups is 2. The van der Waals surface area contributed by atoms with Crippen molar-refractivity contribution in [2.45, 2.75) is 18.8 Å². The summed E-state index contributed by atoms with van der Waals surface area (Å²) in [6, 6.07) is 2.73. The first-order valence-electron chi connectivity index (χ1n) is 6.18. The molecule has 2 heterocycles. The normalized spacial score (nSPS) is 19.2. The van der Waals surface area contributed by atoms with E-state index < -0.39 is 11.7 Å². The highest BCUT2D eigenvalue weighted by Crippen LogP contribution is 2.35. The van der Waals surface area contributed by atoms with Crippen molar-refractivity contribution < 1.29 is 23.1 Å². The molecule has 1 aliphatic heterocycles.